The number of fused-ring (bicyclic) bond motifs is 1. The largest absolute Gasteiger partial charge is 0.0838 e. The fraction of sp³-hybridized carbons (Fsp3) is 0.333. The Balaban J connectivity index is 0.000000181. The number of hydrogen-bond acceptors (Lipinski definition) is 0. The first-order valence-corrected chi connectivity index (χ1v) is 9.43. The Kier molecular flexibility index (Phi) is 6.67. The van der Waals surface area contributed by atoms with E-state index < -0.39 is 0 Å². The van der Waals surface area contributed by atoms with Crippen molar-refractivity contribution in [3.63, 3.8) is 0 Å². The van der Waals surface area contributed by atoms with Gasteiger partial charge in [-0.15, -0.1) is 0 Å². The van der Waals surface area contributed by atoms with E-state index in [0.29, 0.717) is 11.8 Å². The summed E-state index contributed by atoms with van der Waals surface area (Å²) in [4.78, 5) is 0. The summed E-state index contributed by atoms with van der Waals surface area (Å²) in [5, 5.41) is 3.63. The maximum absolute atomic E-state index is 6.05. The predicted octanol–water partition coefficient (Wildman–Crippen LogP) is 8.04. The normalized spacial score (nSPS) is 10.9. The molecule has 0 fully saturated rings. The molecule has 3 aromatic carbocycles. The van der Waals surface area contributed by atoms with Crippen molar-refractivity contribution in [1.29, 1.82) is 0 Å². The molecule has 0 unspecified atom stereocenters. The minimum Gasteiger partial charge on any atom is -0.0838 e. The van der Waals surface area contributed by atoms with Gasteiger partial charge in [0, 0.05) is 5.02 Å². The summed E-state index contributed by atoms with van der Waals surface area (Å²) in [6.45, 7) is 13.0. The zero-order valence-corrected chi connectivity index (χ0v) is 17.0. The lowest BCUT2D eigenvalue weighted by Gasteiger charge is -2.09. The van der Waals surface area contributed by atoms with Crippen molar-refractivity contribution >= 4 is 22.4 Å². The highest BCUT2D eigenvalue weighted by Gasteiger charge is 2.05. The van der Waals surface area contributed by atoms with Crippen LogP contribution in [0.5, 0.6) is 0 Å². The van der Waals surface area contributed by atoms with Crippen LogP contribution in [-0.4, -0.2) is 0 Å². The van der Waals surface area contributed by atoms with Gasteiger partial charge in [0.05, 0.1) is 0 Å². The third kappa shape index (κ3) is 4.86. The number of rotatable bonds is 2. The van der Waals surface area contributed by atoms with Crippen molar-refractivity contribution in [3.05, 3.63) is 81.9 Å². The molecule has 0 aliphatic heterocycles. The zero-order chi connectivity index (χ0) is 18.6. The van der Waals surface area contributed by atoms with Crippen molar-refractivity contribution in [2.75, 3.05) is 0 Å². The molecule has 0 aliphatic carbocycles. The maximum Gasteiger partial charge on any atom is 0.0464 e. The molecule has 0 amide bonds. The van der Waals surface area contributed by atoms with Gasteiger partial charge in [-0.2, -0.15) is 0 Å². The fourth-order valence-corrected chi connectivity index (χ4v) is 3.18. The third-order valence-electron chi connectivity index (χ3n) is 4.57. The van der Waals surface area contributed by atoms with Crippen LogP contribution in [0.25, 0.3) is 10.8 Å². The van der Waals surface area contributed by atoms with E-state index in [1.165, 1.54) is 33.0 Å². The molecule has 0 saturated heterocycles. The van der Waals surface area contributed by atoms with Gasteiger partial charge in [-0.25, -0.2) is 0 Å². The smallest absolute Gasteiger partial charge is 0.0464 e. The molecule has 0 aliphatic rings. The van der Waals surface area contributed by atoms with Gasteiger partial charge in [-0.3, -0.25) is 0 Å². The maximum atomic E-state index is 6.05. The highest BCUT2D eigenvalue weighted by atomic mass is 35.5. The molecule has 3 rings (SSSR count). The Hall–Kier alpha value is -1.79. The molecule has 0 nitrogen and oxygen atoms in total. The Morgan fingerprint density at radius 2 is 1.28 bits per heavy atom. The lowest BCUT2D eigenvalue weighted by atomic mass is 9.96. The molecule has 25 heavy (non-hydrogen) atoms. The first-order chi connectivity index (χ1) is 11.8. The van der Waals surface area contributed by atoms with E-state index >= 15 is 0 Å². The summed E-state index contributed by atoms with van der Waals surface area (Å²) >= 11 is 6.05. The van der Waals surface area contributed by atoms with Gasteiger partial charge < -0.3 is 0 Å². The Bertz CT molecular complexity index is 815. The molecule has 3 aromatic rings. The molecule has 0 spiro atoms. The van der Waals surface area contributed by atoms with Gasteiger partial charge in [0.2, 0.25) is 0 Å². The summed E-state index contributed by atoms with van der Waals surface area (Å²) in [5.74, 6) is 1.19. The molecular formula is C24H29Cl. The van der Waals surface area contributed by atoms with Crippen LogP contribution >= 0.6 is 11.6 Å². The SMILES string of the molecule is CC(C)c1cccc2ccccc12.Cc1cc(C(C)C)cc(C)c1Cl. The number of halogens is 1. The van der Waals surface area contributed by atoms with Gasteiger partial charge in [0.15, 0.2) is 0 Å². The van der Waals surface area contributed by atoms with Gasteiger partial charge in [-0.05, 0) is 58.7 Å². The van der Waals surface area contributed by atoms with E-state index in [9.17, 15) is 0 Å². The van der Waals surface area contributed by atoms with E-state index in [2.05, 4.69) is 96.1 Å². The third-order valence-corrected chi connectivity index (χ3v) is 5.17. The molecular weight excluding hydrogens is 324 g/mol. The summed E-state index contributed by atoms with van der Waals surface area (Å²) in [5.41, 5.74) is 5.17. The van der Waals surface area contributed by atoms with Gasteiger partial charge in [-0.1, -0.05) is 93.9 Å². The van der Waals surface area contributed by atoms with Crippen LogP contribution in [0, 0.1) is 13.8 Å². The van der Waals surface area contributed by atoms with Crippen LogP contribution in [0.2, 0.25) is 5.02 Å². The summed E-state index contributed by atoms with van der Waals surface area (Å²) in [7, 11) is 0. The second-order valence-corrected chi connectivity index (χ2v) is 7.72. The molecule has 0 heterocycles. The molecule has 132 valence electrons. The van der Waals surface area contributed by atoms with E-state index in [4.69, 9.17) is 11.6 Å². The van der Waals surface area contributed by atoms with E-state index in [0.717, 1.165) is 5.02 Å². The molecule has 0 radical (unpaired) electrons. The highest BCUT2D eigenvalue weighted by Crippen LogP contribution is 2.26. The summed E-state index contributed by atoms with van der Waals surface area (Å²) in [6, 6.07) is 19.4. The van der Waals surface area contributed by atoms with E-state index in [-0.39, 0.29) is 0 Å². The Labute approximate surface area is 157 Å². The van der Waals surface area contributed by atoms with Crippen molar-refractivity contribution in [3.8, 4) is 0 Å². The molecule has 0 atom stereocenters. The molecule has 1 heteroatoms. The quantitative estimate of drug-likeness (QED) is 0.437. The second kappa shape index (κ2) is 8.54. The number of aryl methyl sites for hydroxylation is 2. The van der Waals surface area contributed by atoms with Crippen molar-refractivity contribution < 1.29 is 0 Å². The first kappa shape index (κ1) is 19.5. The van der Waals surface area contributed by atoms with E-state index in [1.54, 1.807) is 0 Å². The molecule has 0 bridgehead atoms. The first-order valence-electron chi connectivity index (χ1n) is 9.05. The predicted molar refractivity (Wildman–Crippen MR) is 113 cm³/mol. The van der Waals surface area contributed by atoms with Gasteiger partial charge in [0.25, 0.3) is 0 Å². The monoisotopic (exact) mass is 352 g/mol. The van der Waals surface area contributed by atoms with Crippen LogP contribution in [0.4, 0.5) is 0 Å². The minimum absolute atomic E-state index is 0.583. The van der Waals surface area contributed by atoms with Gasteiger partial charge in [0.1, 0.15) is 0 Å². The summed E-state index contributed by atoms with van der Waals surface area (Å²) < 4.78 is 0. The molecule has 0 saturated carbocycles. The van der Waals surface area contributed by atoms with Crippen molar-refractivity contribution in [1.82, 2.24) is 0 Å². The fourth-order valence-electron chi connectivity index (χ4n) is 3.07. The number of benzene rings is 3. The average molecular weight is 353 g/mol. The molecule has 0 N–H and O–H groups in total. The summed E-state index contributed by atoms with van der Waals surface area (Å²) in [6.07, 6.45) is 0. The second-order valence-electron chi connectivity index (χ2n) is 7.35. The lowest BCUT2D eigenvalue weighted by Crippen LogP contribution is -1.91. The Morgan fingerprint density at radius 3 is 1.84 bits per heavy atom. The van der Waals surface area contributed by atoms with Crippen LogP contribution in [0.3, 0.4) is 0 Å². The average Bonchev–Trinajstić information content (AvgIpc) is 2.59. The highest BCUT2D eigenvalue weighted by molar-refractivity contribution is 6.32. The standard InChI is InChI=1S/C13H14.C11H15Cl/c1-10(2)12-9-5-7-11-6-3-4-8-13(11)12;1-7(2)10-5-8(3)11(12)9(4)6-10/h3-10H,1-2H3;5-7H,1-4H3. The lowest BCUT2D eigenvalue weighted by molar-refractivity contribution is 0.863. The zero-order valence-electron chi connectivity index (χ0n) is 16.2. The minimum atomic E-state index is 0.583. The van der Waals surface area contributed by atoms with Gasteiger partial charge >= 0.3 is 0 Å². The molecule has 0 aromatic heterocycles. The van der Waals surface area contributed by atoms with Crippen LogP contribution in [0.15, 0.2) is 54.6 Å². The van der Waals surface area contributed by atoms with Crippen LogP contribution in [0.1, 0.15) is 61.8 Å². The number of hydrogen-bond donors (Lipinski definition) is 0. The van der Waals surface area contributed by atoms with E-state index in [1.807, 2.05) is 0 Å². The van der Waals surface area contributed by atoms with Crippen LogP contribution in [-0.2, 0) is 0 Å². The van der Waals surface area contributed by atoms with Crippen molar-refractivity contribution in [2.45, 2.75) is 53.4 Å². The van der Waals surface area contributed by atoms with Crippen LogP contribution < -0.4 is 0 Å². The Morgan fingerprint density at radius 1 is 0.720 bits per heavy atom. The van der Waals surface area contributed by atoms with Crippen molar-refractivity contribution in [2.24, 2.45) is 0 Å². The topological polar surface area (TPSA) is 0 Å².